The monoisotopic (exact) mass is 341 g/mol. The lowest BCUT2D eigenvalue weighted by atomic mass is 10.0. The highest BCUT2D eigenvalue weighted by Crippen LogP contribution is 2.28. The van der Waals surface area contributed by atoms with Gasteiger partial charge in [0, 0.05) is 34.4 Å². The molecule has 0 saturated heterocycles. The van der Waals surface area contributed by atoms with E-state index in [1.165, 1.54) is 0 Å². The second-order valence-corrected chi connectivity index (χ2v) is 5.74. The van der Waals surface area contributed by atoms with Gasteiger partial charge in [0.1, 0.15) is 5.82 Å². The maximum atomic E-state index is 6.34. The highest BCUT2D eigenvalue weighted by molar-refractivity contribution is 9.10. The third-order valence-corrected chi connectivity index (χ3v) is 3.75. The van der Waals surface area contributed by atoms with Crippen LogP contribution >= 0.6 is 27.5 Å². The quantitative estimate of drug-likeness (QED) is 0.829. The summed E-state index contributed by atoms with van der Waals surface area (Å²) in [5, 5.41) is 4.30. The number of nitrogens with one attached hydrogen (secondary N) is 2. The molecule has 0 fully saturated rings. The standard InChI is InChI=1S/C14H17BrClN3/c1-2-5-17-13(9-14-18-6-7-19-14)11-4-3-10(15)8-12(11)16/h3-4,6-8,13,17H,2,5,9H2,1H3,(H,18,19). The van der Waals surface area contributed by atoms with E-state index < -0.39 is 0 Å². The SMILES string of the molecule is CCCNC(Cc1ncc[nH]1)c1ccc(Br)cc1Cl. The van der Waals surface area contributed by atoms with E-state index in [0.717, 1.165) is 40.3 Å². The van der Waals surface area contributed by atoms with Crippen molar-refractivity contribution in [3.05, 3.63) is 51.5 Å². The predicted molar refractivity (Wildman–Crippen MR) is 82.5 cm³/mol. The van der Waals surface area contributed by atoms with E-state index in [2.05, 4.69) is 44.2 Å². The molecule has 2 aromatic rings. The first-order chi connectivity index (χ1) is 9.20. The lowest BCUT2D eigenvalue weighted by molar-refractivity contribution is 0.520. The first-order valence-electron chi connectivity index (χ1n) is 6.37. The van der Waals surface area contributed by atoms with Crippen LogP contribution in [0.1, 0.15) is 30.8 Å². The molecule has 1 unspecified atom stereocenters. The zero-order chi connectivity index (χ0) is 13.7. The van der Waals surface area contributed by atoms with Gasteiger partial charge in [0.15, 0.2) is 0 Å². The maximum Gasteiger partial charge on any atom is 0.107 e. The number of imidazole rings is 1. The van der Waals surface area contributed by atoms with Gasteiger partial charge in [0.25, 0.3) is 0 Å². The molecule has 0 saturated carbocycles. The molecule has 0 bridgehead atoms. The zero-order valence-electron chi connectivity index (χ0n) is 10.8. The van der Waals surface area contributed by atoms with E-state index in [-0.39, 0.29) is 6.04 Å². The minimum atomic E-state index is 0.173. The largest absolute Gasteiger partial charge is 0.349 e. The molecule has 0 spiro atoms. The van der Waals surface area contributed by atoms with E-state index in [0.29, 0.717) is 0 Å². The number of aromatic amines is 1. The Labute approximate surface area is 126 Å². The normalized spacial score (nSPS) is 12.6. The van der Waals surface area contributed by atoms with Crippen LogP contribution in [0.5, 0.6) is 0 Å². The van der Waals surface area contributed by atoms with Gasteiger partial charge in [-0.25, -0.2) is 4.98 Å². The fourth-order valence-corrected chi connectivity index (χ4v) is 2.80. The molecule has 2 rings (SSSR count). The van der Waals surface area contributed by atoms with E-state index in [4.69, 9.17) is 11.6 Å². The van der Waals surface area contributed by atoms with Gasteiger partial charge in [-0.2, -0.15) is 0 Å². The number of nitrogens with zero attached hydrogens (tertiary/aromatic N) is 1. The molecule has 0 aliphatic carbocycles. The van der Waals surface area contributed by atoms with E-state index in [1.54, 1.807) is 6.20 Å². The van der Waals surface area contributed by atoms with Crippen molar-refractivity contribution in [2.24, 2.45) is 0 Å². The van der Waals surface area contributed by atoms with Crippen molar-refractivity contribution in [1.29, 1.82) is 0 Å². The molecule has 0 radical (unpaired) electrons. The molecule has 102 valence electrons. The predicted octanol–water partition coefficient (Wildman–Crippen LogP) is 4.11. The Morgan fingerprint density at radius 3 is 2.95 bits per heavy atom. The molecular formula is C14H17BrClN3. The molecule has 2 N–H and O–H groups in total. The summed E-state index contributed by atoms with van der Waals surface area (Å²) in [5.74, 6) is 0.965. The molecule has 1 heterocycles. The van der Waals surface area contributed by atoms with Crippen molar-refractivity contribution < 1.29 is 0 Å². The number of aromatic nitrogens is 2. The summed E-state index contributed by atoms with van der Waals surface area (Å²) < 4.78 is 0.994. The second kappa shape index (κ2) is 7.08. The average Bonchev–Trinajstić information content (AvgIpc) is 2.88. The number of hydrogen-bond acceptors (Lipinski definition) is 2. The number of benzene rings is 1. The Morgan fingerprint density at radius 2 is 2.32 bits per heavy atom. The van der Waals surface area contributed by atoms with Crippen molar-refractivity contribution in [2.75, 3.05) is 6.54 Å². The van der Waals surface area contributed by atoms with E-state index in [9.17, 15) is 0 Å². The molecule has 0 aliphatic heterocycles. The van der Waals surface area contributed by atoms with Gasteiger partial charge < -0.3 is 10.3 Å². The van der Waals surface area contributed by atoms with Crippen LogP contribution in [-0.4, -0.2) is 16.5 Å². The van der Waals surface area contributed by atoms with Crippen LogP contribution in [0.2, 0.25) is 5.02 Å². The fourth-order valence-electron chi connectivity index (χ4n) is 2.00. The first kappa shape index (κ1) is 14.6. The van der Waals surface area contributed by atoms with Gasteiger partial charge in [-0.1, -0.05) is 40.5 Å². The lowest BCUT2D eigenvalue weighted by Gasteiger charge is -2.19. The van der Waals surface area contributed by atoms with Crippen LogP contribution in [0.4, 0.5) is 0 Å². The summed E-state index contributed by atoms with van der Waals surface area (Å²) in [6.07, 6.45) is 5.50. The van der Waals surface area contributed by atoms with Gasteiger partial charge in [-0.3, -0.25) is 0 Å². The van der Waals surface area contributed by atoms with Gasteiger partial charge in [0.2, 0.25) is 0 Å². The van der Waals surface area contributed by atoms with Gasteiger partial charge in [-0.15, -0.1) is 0 Å². The van der Waals surface area contributed by atoms with Gasteiger partial charge in [-0.05, 0) is 30.7 Å². The van der Waals surface area contributed by atoms with Crippen LogP contribution < -0.4 is 5.32 Å². The third-order valence-electron chi connectivity index (χ3n) is 2.93. The summed E-state index contributed by atoms with van der Waals surface area (Å²) in [6.45, 7) is 3.11. The molecule has 3 nitrogen and oxygen atoms in total. The smallest absolute Gasteiger partial charge is 0.107 e. The summed E-state index contributed by atoms with van der Waals surface area (Å²) in [5.41, 5.74) is 1.11. The Morgan fingerprint density at radius 1 is 1.47 bits per heavy atom. The van der Waals surface area contributed by atoms with Gasteiger partial charge >= 0.3 is 0 Å². The minimum absolute atomic E-state index is 0.173. The first-order valence-corrected chi connectivity index (χ1v) is 7.54. The molecule has 1 aromatic heterocycles. The second-order valence-electron chi connectivity index (χ2n) is 4.41. The Hall–Kier alpha value is -0.840. The van der Waals surface area contributed by atoms with E-state index >= 15 is 0 Å². The number of hydrogen-bond donors (Lipinski definition) is 2. The Balaban J connectivity index is 2.20. The lowest BCUT2D eigenvalue weighted by Crippen LogP contribution is -2.24. The minimum Gasteiger partial charge on any atom is -0.349 e. The summed E-state index contributed by atoms with van der Waals surface area (Å²) in [4.78, 5) is 7.43. The van der Waals surface area contributed by atoms with Crippen LogP contribution in [-0.2, 0) is 6.42 Å². The molecule has 1 atom stereocenters. The number of H-pyrrole nitrogens is 1. The van der Waals surface area contributed by atoms with Gasteiger partial charge in [0.05, 0.1) is 0 Å². The highest BCUT2D eigenvalue weighted by atomic mass is 79.9. The highest BCUT2D eigenvalue weighted by Gasteiger charge is 2.16. The average molecular weight is 343 g/mol. The summed E-state index contributed by atoms with van der Waals surface area (Å²) >= 11 is 9.78. The van der Waals surface area contributed by atoms with E-state index in [1.807, 2.05) is 18.3 Å². The number of rotatable bonds is 6. The van der Waals surface area contributed by atoms with Crippen molar-refractivity contribution in [1.82, 2.24) is 15.3 Å². The molecular weight excluding hydrogens is 326 g/mol. The van der Waals surface area contributed by atoms with Crippen LogP contribution in [0.25, 0.3) is 0 Å². The summed E-state index contributed by atoms with van der Waals surface area (Å²) in [6, 6.07) is 6.18. The number of halogens is 2. The zero-order valence-corrected chi connectivity index (χ0v) is 13.1. The van der Waals surface area contributed by atoms with Crippen LogP contribution in [0.3, 0.4) is 0 Å². The molecule has 19 heavy (non-hydrogen) atoms. The fraction of sp³-hybridized carbons (Fsp3) is 0.357. The third kappa shape index (κ3) is 4.06. The molecule has 5 heteroatoms. The maximum absolute atomic E-state index is 6.34. The van der Waals surface area contributed by atoms with Crippen molar-refractivity contribution in [3.63, 3.8) is 0 Å². The molecule has 1 aromatic carbocycles. The van der Waals surface area contributed by atoms with Crippen molar-refractivity contribution >= 4 is 27.5 Å². The molecule has 0 aliphatic rings. The van der Waals surface area contributed by atoms with Crippen molar-refractivity contribution in [2.45, 2.75) is 25.8 Å². The van der Waals surface area contributed by atoms with Crippen molar-refractivity contribution in [3.8, 4) is 0 Å². The summed E-state index contributed by atoms with van der Waals surface area (Å²) in [7, 11) is 0. The Bertz CT molecular complexity index is 513. The Kier molecular flexibility index (Phi) is 5.43. The van der Waals surface area contributed by atoms with Crippen LogP contribution in [0, 0.1) is 0 Å². The molecule has 0 amide bonds. The topological polar surface area (TPSA) is 40.7 Å². The van der Waals surface area contributed by atoms with Crippen LogP contribution in [0.15, 0.2) is 35.1 Å².